The molecule has 8 heteroatoms. The van der Waals surface area contributed by atoms with E-state index in [-0.39, 0.29) is 18.2 Å². The number of hydrogen-bond donors (Lipinski definition) is 1. The van der Waals surface area contributed by atoms with E-state index in [2.05, 4.69) is 44.9 Å². The third-order valence-electron chi connectivity index (χ3n) is 6.54. The second kappa shape index (κ2) is 9.99. The maximum absolute atomic E-state index is 11.9. The summed E-state index contributed by atoms with van der Waals surface area (Å²) in [6.45, 7) is 1.11. The molecule has 2 atom stereocenters. The number of ether oxygens (including phenoxy) is 1. The minimum absolute atomic E-state index is 0.146. The fraction of sp³-hybridized carbons (Fsp3) is 0.500. The monoisotopic (exact) mass is 454 g/mol. The van der Waals surface area contributed by atoms with E-state index in [0.29, 0.717) is 31.1 Å². The zero-order valence-electron chi connectivity index (χ0n) is 18.4. The van der Waals surface area contributed by atoms with Gasteiger partial charge in [0, 0.05) is 18.8 Å². The number of nitriles is 1. The van der Waals surface area contributed by atoms with Gasteiger partial charge < -0.3 is 9.64 Å². The first-order valence-electron chi connectivity index (χ1n) is 11.2. The summed E-state index contributed by atoms with van der Waals surface area (Å²) in [6.07, 6.45) is 9.51. The fourth-order valence-electron chi connectivity index (χ4n) is 4.96. The molecular weight excluding hydrogens is 424 g/mol. The average molecular weight is 455 g/mol. The van der Waals surface area contributed by atoms with Gasteiger partial charge in [0.15, 0.2) is 0 Å². The first kappa shape index (κ1) is 22.7. The maximum atomic E-state index is 11.9. The largest absolute Gasteiger partial charge is 0.376 e. The highest BCUT2D eigenvalue weighted by Crippen LogP contribution is 2.34. The first-order chi connectivity index (χ1) is 15.4. The summed E-state index contributed by atoms with van der Waals surface area (Å²) in [5.41, 5.74) is 2.71. The van der Waals surface area contributed by atoms with Crippen molar-refractivity contribution in [1.29, 1.82) is 5.26 Å². The fourth-order valence-corrected chi connectivity index (χ4v) is 5.79. The number of sulfonamides is 1. The number of rotatable bonds is 7. The number of benzene rings is 1. The zero-order valence-corrected chi connectivity index (χ0v) is 19.2. The lowest BCUT2D eigenvalue weighted by atomic mass is 9.83. The molecular formula is C24H30N4O3S. The lowest BCUT2D eigenvalue weighted by molar-refractivity contribution is 0.0157. The van der Waals surface area contributed by atoms with Crippen LogP contribution in [0.25, 0.3) is 0 Å². The Morgan fingerprint density at radius 2 is 1.91 bits per heavy atom. The SMILES string of the molecule is CS(=O)(=O)N[C@H]1CCN(c2cncc(C#N)c2)[C@H]1COC1CCC(c2ccccc2)CC1. The van der Waals surface area contributed by atoms with E-state index in [0.717, 1.165) is 31.4 Å². The lowest BCUT2D eigenvalue weighted by Crippen LogP contribution is -2.48. The molecule has 0 radical (unpaired) electrons. The van der Waals surface area contributed by atoms with Crippen LogP contribution in [-0.4, -0.2) is 51.0 Å². The van der Waals surface area contributed by atoms with E-state index in [1.807, 2.05) is 6.07 Å². The van der Waals surface area contributed by atoms with Gasteiger partial charge in [0.05, 0.1) is 42.5 Å². The molecule has 2 aliphatic rings. The van der Waals surface area contributed by atoms with E-state index in [4.69, 9.17) is 4.74 Å². The highest BCUT2D eigenvalue weighted by molar-refractivity contribution is 7.88. The zero-order chi connectivity index (χ0) is 22.6. The number of hydrogen-bond acceptors (Lipinski definition) is 6. The number of pyridine rings is 1. The first-order valence-corrected chi connectivity index (χ1v) is 13.1. The van der Waals surface area contributed by atoms with Gasteiger partial charge in [0.25, 0.3) is 0 Å². The Morgan fingerprint density at radius 1 is 1.16 bits per heavy atom. The Labute approximate surface area is 190 Å². The Hall–Kier alpha value is -2.47. The average Bonchev–Trinajstić information content (AvgIpc) is 3.19. The normalized spacial score (nSPS) is 26.1. The molecule has 4 rings (SSSR count). The third-order valence-corrected chi connectivity index (χ3v) is 7.27. The van der Waals surface area contributed by atoms with Gasteiger partial charge >= 0.3 is 0 Å². The van der Waals surface area contributed by atoms with Gasteiger partial charge in [-0.05, 0) is 49.7 Å². The topological polar surface area (TPSA) is 95.3 Å². The van der Waals surface area contributed by atoms with Crippen LogP contribution >= 0.6 is 0 Å². The number of nitrogens with zero attached hydrogens (tertiary/aromatic N) is 3. The van der Waals surface area contributed by atoms with Crippen LogP contribution in [0, 0.1) is 11.3 Å². The second-order valence-electron chi connectivity index (χ2n) is 8.81. The number of aromatic nitrogens is 1. The molecule has 1 saturated carbocycles. The van der Waals surface area contributed by atoms with Gasteiger partial charge in [-0.3, -0.25) is 4.98 Å². The molecule has 2 fully saturated rings. The van der Waals surface area contributed by atoms with Crippen molar-refractivity contribution in [2.75, 3.05) is 24.3 Å². The summed E-state index contributed by atoms with van der Waals surface area (Å²) in [5, 5.41) is 9.23. The number of nitrogens with one attached hydrogen (secondary N) is 1. The van der Waals surface area contributed by atoms with Crippen molar-refractivity contribution in [1.82, 2.24) is 9.71 Å². The third kappa shape index (κ3) is 5.66. The number of anilines is 1. The van der Waals surface area contributed by atoms with Crippen LogP contribution in [0.2, 0.25) is 0 Å². The Kier molecular flexibility index (Phi) is 7.09. The van der Waals surface area contributed by atoms with Crippen molar-refractivity contribution in [3.63, 3.8) is 0 Å². The van der Waals surface area contributed by atoms with Gasteiger partial charge in [-0.1, -0.05) is 30.3 Å². The molecule has 0 bridgehead atoms. The Bertz CT molecular complexity index is 1050. The summed E-state index contributed by atoms with van der Waals surface area (Å²) in [5.74, 6) is 0.582. The highest BCUT2D eigenvalue weighted by Gasteiger charge is 2.37. The van der Waals surface area contributed by atoms with Crippen LogP contribution in [0.15, 0.2) is 48.8 Å². The molecule has 0 amide bonds. The van der Waals surface area contributed by atoms with Crippen LogP contribution < -0.4 is 9.62 Å². The van der Waals surface area contributed by atoms with E-state index in [9.17, 15) is 13.7 Å². The van der Waals surface area contributed by atoms with Crippen molar-refractivity contribution in [2.24, 2.45) is 0 Å². The van der Waals surface area contributed by atoms with Crippen molar-refractivity contribution in [3.8, 4) is 6.07 Å². The molecule has 1 aliphatic carbocycles. The molecule has 0 unspecified atom stereocenters. The molecule has 1 aromatic heterocycles. The quantitative estimate of drug-likeness (QED) is 0.690. The van der Waals surface area contributed by atoms with E-state index >= 15 is 0 Å². The standard InChI is InChI=1S/C24H30N4O3S/c1-32(29,30)27-23-11-12-28(21-13-18(14-25)15-26-16-21)24(23)17-31-22-9-7-20(8-10-22)19-5-3-2-4-6-19/h2-6,13,15-16,20,22-24,27H,7-12,17H2,1H3/t20?,22?,23-,24-/m0/s1. The van der Waals surface area contributed by atoms with E-state index in [1.165, 1.54) is 18.0 Å². The molecule has 170 valence electrons. The maximum Gasteiger partial charge on any atom is 0.209 e. The predicted molar refractivity (Wildman–Crippen MR) is 124 cm³/mol. The van der Waals surface area contributed by atoms with Gasteiger partial charge in [-0.15, -0.1) is 0 Å². The molecule has 32 heavy (non-hydrogen) atoms. The molecule has 1 aromatic carbocycles. The van der Waals surface area contributed by atoms with Crippen LogP contribution in [0.3, 0.4) is 0 Å². The minimum Gasteiger partial charge on any atom is -0.376 e. The summed E-state index contributed by atoms with van der Waals surface area (Å²) in [4.78, 5) is 6.29. The van der Waals surface area contributed by atoms with Gasteiger partial charge in [-0.25, -0.2) is 13.1 Å². The smallest absolute Gasteiger partial charge is 0.209 e. The summed E-state index contributed by atoms with van der Waals surface area (Å²) in [7, 11) is -3.34. The van der Waals surface area contributed by atoms with Gasteiger partial charge in [-0.2, -0.15) is 5.26 Å². The molecule has 1 saturated heterocycles. The summed E-state index contributed by atoms with van der Waals surface area (Å²) in [6, 6.07) is 14.2. The molecule has 1 N–H and O–H groups in total. The second-order valence-corrected chi connectivity index (χ2v) is 10.6. The van der Waals surface area contributed by atoms with Crippen molar-refractivity contribution >= 4 is 15.7 Å². The predicted octanol–water partition coefficient (Wildman–Crippen LogP) is 3.19. The lowest BCUT2D eigenvalue weighted by Gasteiger charge is -2.33. The molecule has 7 nitrogen and oxygen atoms in total. The van der Waals surface area contributed by atoms with Crippen LogP contribution in [0.5, 0.6) is 0 Å². The van der Waals surface area contributed by atoms with Crippen LogP contribution in [0.1, 0.15) is 49.1 Å². The summed E-state index contributed by atoms with van der Waals surface area (Å²) >= 11 is 0. The minimum atomic E-state index is -3.34. The summed E-state index contributed by atoms with van der Waals surface area (Å²) < 4.78 is 33.0. The highest BCUT2D eigenvalue weighted by atomic mass is 32.2. The van der Waals surface area contributed by atoms with Crippen LogP contribution in [0.4, 0.5) is 5.69 Å². The van der Waals surface area contributed by atoms with Gasteiger partial charge in [0.2, 0.25) is 10.0 Å². The van der Waals surface area contributed by atoms with E-state index in [1.54, 1.807) is 12.3 Å². The van der Waals surface area contributed by atoms with Crippen molar-refractivity contribution in [3.05, 3.63) is 59.9 Å². The van der Waals surface area contributed by atoms with Crippen LogP contribution in [-0.2, 0) is 14.8 Å². The van der Waals surface area contributed by atoms with Crippen molar-refractivity contribution < 1.29 is 13.2 Å². The molecule has 2 aromatic rings. The van der Waals surface area contributed by atoms with E-state index < -0.39 is 10.0 Å². The Balaban J connectivity index is 1.41. The molecule has 1 aliphatic heterocycles. The molecule has 2 heterocycles. The Morgan fingerprint density at radius 3 is 2.59 bits per heavy atom. The van der Waals surface area contributed by atoms with Crippen molar-refractivity contribution in [2.45, 2.75) is 56.2 Å². The van der Waals surface area contributed by atoms with Gasteiger partial charge in [0.1, 0.15) is 6.07 Å². The molecule has 0 spiro atoms.